The van der Waals surface area contributed by atoms with Gasteiger partial charge in [0, 0.05) is 37.3 Å². The number of nitrogens with one attached hydrogen (secondary N) is 1. The Morgan fingerprint density at radius 3 is 2.79 bits per heavy atom. The number of phenolic OH excluding ortho intramolecular Hbond substituents is 1. The fourth-order valence-electron chi connectivity index (χ4n) is 4.55. The fourth-order valence-corrected chi connectivity index (χ4v) is 4.74. The lowest BCUT2D eigenvalue weighted by atomic mass is 9.84. The van der Waals surface area contributed by atoms with Crippen LogP contribution < -0.4 is 10.1 Å². The number of hydrogen-bond donors (Lipinski definition) is 4. The average molecular weight is 477 g/mol. The van der Waals surface area contributed by atoms with E-state index in [2.05, 4.69) is 16.3 Å². The van der Waals surface area contributed by atoms with Gasteiger partial charge >= 0.3 is 0 Å². The Morgan fingerprint density at radius 1 is 1.24 bits per heavy atom. The molecule has 33 heavy (non-hydrogen) atoms. The lowest BCUT2D eigenvalue weighted by Gasteiger charge is -2.39. The molecule has 0 bridgehead atoms. The van der Waals surface area contributed by atoms with Gasteiger partial charge in [-0.2, -0.15) is 0 Å². The third-order valence-electron chi connectivity index (χ3n) is 6.23. The van der Waals surface area contributed by atoms with Crippen molar-refractivity contribution >= 4 is 17.5 Å². The zero-order valence-corrected chi connectivity index (χ0v) is 19.1. The van der Waals surface area contributed by atoms with Crippen molar-refractivity contribution in [2.75, 3.05) is 39.4 Å². The summed E-state index contributed by atoms with van der Waals surface area (Å²) >= 11 is 6.11. The number of carbonyl (C=O) groups excluding carboxylic acids is 1. The van der Waals surface area contributed by atoms with E-state index in [0.717, 1.165) is 36.5 Å². The summed E-state index contributed by atoms with van der Waals surface area (Å²) < 4.78 is 11.9. The standard InChI is InChI=1S/C24H29ClN2O6/c25-17-1-4-21-16(11-17)14-33-24(21)5-8-27(9-6-24)13-19(30)15-32-22-12-18(29)2-3-20(22)23(31)26-7-10-28/h1-4,11-12,19,28-30H,5-10,13-15H2,(H,26,31)/t19-/m1/s1. The average Bonchev–Trinajstić information content (AvgIpc) is 3.14. The second kappa shape index (κ2) is 10.3. The van der Waals surface area contributed by atoms with Crippen LogP contribution in [-0.4, -0.2) is 71.6 Å². The number of rotatable bonds is 8. The van der Waals surface area contributed by atoms with Crippen molar-refractivity contribution in [3.63, 3.8) is 0 Å². The molecule has 0 saturated carbocycles. The van der Waals surface area contributed by atoms with Gasteiger partial charge in [0.15, 0.2) is 0 Å². The highest BCUT2D eigenvalue weighted by Crippen LogP contribution is 2.44. The van der Waals surface area contributed by atoms with E-state index < -0.39 is 12.0 Å². The van der Waals surface area contributed by atoms with Gasteiger partial charge in [0.1, 0.15) is 24.2 Å². The number of nitrogens with zero attached hydrogens (tertiary/aromatic N) is 1. The van der Waals surface area contributed by atoms with Crippen molar-refractivity contribution in [1.29, 1.82) is 0 Å². The van der Waals surface area contributed by atoms with Crippen LogP contribution >= 0.6 is 11.6 Å². The topological polar surface area (TPSA) is 111 Å². The molecule has 0 aromatic heterocycles. The molecule has 4 N–H and O–H groups in total. The van der Waals surface area contributed by atoms with E-state index in [9.17, 15) is 15.0 Å². The summed E-state index contributed by atoms with van der Waals surface area (Å²) in [6, 6.07) is 10.1. The number of piperidine rings is 1. The zero-order valence-electron chi connectivity index (χ0n) is 18.3. The predicted molar refractivity (Wildman–Crippen MR) is 123 cm³/mol. The molecule has 2 aromatic carbocycles. The molecule has 0 unspecified atom stereocenters. The van der Waals surface area contributed by atoms with E-state index in [1.54, 1.807) is 0 Å². The van der Waals surface area contributed by atoms with E-state index in [1.165, 1.54) is 23.8 Å². The van der Waals surface area contributed by atoms with Gasteiger partial charge < -0.3 is 35.0 Å². The van der Waals surface area contributed by atoms with Crippen LogP contribution in [0.25, 0.3) is 0 Å². The summed E-state index contributed by atoms with van der Waals surface area (Å²) in [5, 5.41) is 32.5. The monoisotopic (exact) mass is 476 g/mol. The lowest BCUT2D eigenvalue weighted by Crippen LogP contribution is -2.46. The van der Waals surface area contributed by atoms with Gasteiger partial charge in [-0.1, -0.05) is 17.7 Å². The minimum atomic E-state index is -0.773. The molecule has 2 aromatic rings. The van der Waals surface area contributed by atoms with Gasteiger partial charge in [0.2, 0.25) is 0 Å². The number of carbonyl (C=O) groups is 1. The van der Waals surface area contributed by atoms with E-state index in [0.29, 0.717) is 13.2 Å². The van der Waals surface area contributed by atoms with E-state index in [4.69, 9.17) is 26.2 Å². The number of fused-ring (bicyclic) bond motifs is 2. The van der Waals surface area contributed by atoms with Crippen molar-refractivity contribution in [2.45, 2.75) is 31.2 Å². The second-order valence-electron chi connectivity index (χ2n) is 8.51. The number of amides is 1. The number of likely N-dealkylation sites (tertiary alicyclic amines) is 1. The Balaban J connectivity index is 1.30. The first-order valence-electron chi connectivity index (χ1n) is 11.1. The van der Waals surface area contributed by atoms with Gasteiger partial charge in [0.05, 0.1) is 24.4 Å². The van der Waals surface area contributed by atoms with Crippen LogP contribution in [0.5, 0.6) is 11.5 Å². The molecule has 1 saturated heterocycles. The highest BCUT2D eigenvalue weighted by molar-refractivity contribution is 6.30. The number of aliphatic hydroxyl groups excluding tert-OH is 2. The molecule has 2 aliphatic rings. The van der Waals surface area contributed by atoms with Crippen LogP contribution in [0, 0.1) is 0 Å². The van der Waals surface area contributed by atoms with Gasteiger partial charge in [0.25, 0.3) is 5.91 Å². The smallest absolute Gasteiger partial charge is 0.255 e. The van der Waals surface area contributed by atoms with Crippen LogP contribution in [0.2, 0.25) is 5.02 Å². The Morgan fingerprint density at radius 2 is 2.03 bits per heavy atom. The highest BCUT2D eigenvalue weighted by atomic mass is 35.5. The fraction of sp³-hybridized carbons (Fsp3) is 0.458. The number of phenols is 1. The number of ether oxygens (including phenoxy) is 2. The summed E-state index contributed by atoms with van der Waals surface area (Å²) in [7, 11) is 0. The Kier molecular flexibility index (Phi) is 7.41. The molecule has 1 atom stereocenters. The molecule has 2 heterocycles. The number of aliphatic hydroxyl groups is 2. The van der Waals surface area contributed by atoms with Crippen molar-refractivity contribution < 1.29 is 29.6 Å². The summed E-state index contributed by atoms with van der Waals surface area (Å²) in [6.07, 6.45) is 0.888. The maximum atomic E-state index is 12.3. The van der Waals surface area contributed by atoms with Gasteiger partial charge in [-0.3, -0.25) is 4.79 Å². The van der Waals surface area contributed by atoms with Crippen LogP contribution in [0.4, 0.5) is 0 Å². The SMILES string of the molecule is O=C(NCCO)c1ccc(O)cc1OC[C@H](O)CN1CCC2(CC1)OCc1cc(Cl)ccc12. The molecule has 1 fully saturated rings. The minimum absolute atomic E-state index is 0.0246. The minimum Gasteiger partial charge on any atom is -0.508 e. The zero-order chi connectivity index (χ0) is 23.4. The van der Waals surface area contributed by atoms with Gasteiger partial charge in [-0.25, -0.2) is 0 Å². The Hall–Kier alpha value is -2.36. The molecule has 9 heteroatoms. The third-order valence-corrected chi connectivity index (χ3v) is 6.47. The number of halogens is 1. The number of benzene rings is 2. The second-order valence-corrected chi connectivity index (χ2v) is 8.95. The Labute approximate surface area is 197 Å². The molecule has 178 valence electrons. The quantitative estimate of drug-likeness (QED) is 0.461. The normalized spacial score (nSPS) is 18.2. The van der Waals surface area contributed by atoms with Crippen molar-refractivity contribution in [2.24, 2.45) is 0 Å². The molecular weight excluding hydrogens is 448 g/mol. The van der Waals surface area contributed by atoms with Gasteiger partial charge in [-0.05, 0) is 48.2 Å². The van der Waals surface area contributed by atoms with E-state index in [-0.39, 0.29) is 42.4 Å². The summed E-state index contributed by atoms with van der Waals surface area (Å²) in [6.45, 7) is 2.46. The molecule has 4 rings (SSSR count). The summed E-state index contributed by atoms with van der Waals surface area (Å²) in [5.41, 5.74) is 2.31. The molecule has 0 aliphatic carbocycles. The Bertz CT molecular complexity index is 993. The van der Waals surface area contributed by atoms with Crippen LogP contribution in [0.3, 0.4) is 0 Å². The maximum Gasteiger partial charge on any atom is 0.255 e. The van der Waals surface area contributed by atoms with Crippen molar-refractivity contribution in [3.05, 3.63) is 58.1 Å². The first-order valence-corrected chi connectivity index (χ1v) is 11.5. The van der Waals surface area contributed by atoms with Crippen LogP contribution in [-0.2, 0) is 16.9 Å². The maximum absolute atomic E-state index is 12.3. The number of β-amino-alcohol motifs (C(OH)–C–C–N with tert-alkyl or cyclic N) is 1. The number of aromatic hydroxyl groups is 1. The largest absolute Gasteiger partial charge is 0.508 e. The first kappa shape index (κ1) is 23.8. The highest BCUT2D eigenvalue weighted by Gasteiger charge is 2.42. The third kappa shape index (κ3) is 5.42. The predicted octanol–water partition coefficient (Wildman–Crippen LogP) is 2.03. The lowest BCUT2D eigenvalue weighted by molar-refractivity contribution is -0.0835. The molecule has 0 radical (unpaired) electrons. The molecule has 1 spiro atoms. The number of hydrogen-bond acceptors (Lipinski definition) is 7. The summed E-state index contributed by atoms with van der Waals surface area (Å²) in [4.78, 5) is 14.4. The molecular formula is C24H29ClN2O6. The molecule has 8 nitrogen and oxygen atoms in total. The van der Waals surface area contributed by atoms with Crippen LogP contribution in [0.15, 0.2) is 36.4 Å². The van der Waals surface area contributed by atoms with Crippen LogP contribution in [0.1, 0.15) is 34.3 Å². The first-order chi connectivity index (χ1) is 15.9. The van der Waals surface area contributed by atoms with Gasteiger partial charge in [-0.15, -0.1) is 0 Å². The van der Waals surface area contributed by atoms with Crippen molar-refractivity contribution in [1.82, 2.24) is 10.2 Å². The van der Waals surface area contributed by atoms with Crippen molar-refractivity contribution in [3.8, 4) is 11.5 Å². The van der Waals surface area contributed by atoms with E-state index >= 15 is 0 Å². The van der Waals surface area contributed by atoms with E-state index in [1.807, 2.05) is 12.1 Å². The molecule has 2 aliphatic heterocycles. The summed E-state index contributed by atoms with van der Waals surface area (Å²) in [5.74, 6) is -0.289. The molecule has 1 amide bonds.